The van der Waals surface area contributed by atoms with Gasteiger partial charge in [-0.2, -0.15) is 9.97 Å². The fraction of sp³-hybridized carbons (Fsp3) is 0.263. The molecule has 0 aliphatic carbocycles. The number of fused-ring (bicyclic) bond motifs is 1. The summed E-state index contributed by atoms with van der Waals surface area (Å²) in [6.45, 7) is 4.88. The Bertz CT molecular complexity index is 1040. The van der Waals surface area contributed by atoms with E-state index in [4.69, 9.17) is 0 Å². The second-order valence-corrected chi connectivity index (χ2v) is 6.60. The van der Waals surface area contributed by atoms with Crippen LogP contribution in [0.4, 0.5) is 5.82 Å². The Morgan fingerprint density at radius 3 is 2.63 bits per heavy atom. The summed E-state index contributed by atoms with van der Waals surface area (Å²) in [4.78, 5) is 17.9. The van der Waals surface area contributed by atoms with Gasteiger partial charge in [-0.3, -0.25) is 4.57 Å². The van der Waals surface area contributed by atoms with Crippen molar-refractivity contribution < 1.29 is 5.11 Å². The maximum absolute atomic E-state index is 9.40. The molecule has 4 aromatic rings. The molecule has 3 heterocycles. The molecule has 0 saturated heterocycles. The highest BCUT2D eigenvalue weighted by molar-refractivity contribution is 5.83. The van der Waals surface area contributed by atoms with Gasteiger partial charge in [-0.15, -0.1) is 0 Å². The average Bonchev–Trinajstić information content (AvgIpc) is 3.33. The molecule has 3 aromatic heterocycles. The Labute approximate surface area is 156 Å². The summed E-state index contributed by atoms with van der Waals surface area (Å²) in [5.74, 6) is 1.52. The predicted octanol–water partition coefficient (Wildman–Crippen LogP) is 2.95. The predicted molar refractivity (Wildman–Crippen MR) is 103 cm³/mol. The molecule has 8 heteroatoms. The smallest absolute Gasteiger partial charge is 0.239 e. The van der Waals surface area contributed by atoms with Crippen LogP contribution >= 0.6 is 0 Å². The molecule has 0 unspecified atom stereocenters. The number of imidazole rings is 2. The zero-order valence-corrected chi connectivity index (χ0v) is 15.2. The third-order valence-corrected chi connectivity index (χ3v) is 4.34. The van der Waals surface area contributed by atoms with Gasteiger partial charge in [0.1, 0.15) is 12.1 Å². The van der Waals surface area contributed by atoms with E-state index in [0.29, 0.717) is 18.3 Å². The number of anilines is 1. The van der Waals surface area contributed by atoms with E-state index in [9.17, 15) is 5.11 Å². The van der Waals surface area contributed by atoms with Crippen LogP contribution in [0, 0.1) is 0 Å². The van der Waals surface area contributed by atoms with E-state index in [1.807, 2.05) is 22.9 Å². The Hall–Kier alpha value is -3.42. The quantitative estimate of drug-likeness (QED) is 0.547. The van der Waals surface area contributed by atoms with Crippen molar-refractivity contribution in [3.63, 3.8) is 0 Å². The van der Waals surface area contributed by atoms with Gasteiger partial charge in [0.15, 0.2) is 17.0 Å². The first-order valence-corrected chi connectivity index (χ1v) is 8.86. The molecule has 2 N–H and O–H groups in total. The first-order valence-electron chi connectivity index (χ1n) is 8.86. The molecule has 0 fully saturated rings. The number of aromatic hydroxyl groups is 1. The third kappa shape index (κ3) is 3.46. The van der Waals surface area contributed by atoms with Gasteiger partial charge in [0.05, 0.1) is 6.33 Å². The van der Waals surface area contributed by atoms with E-state index in [1.165, 1.54) is 0 Å². The lowest BCUT2D eigenvalue weighted by Gasteiger charge is -2.11. The van der Waals surface area contributed by atoms with Crippen LogP contribution in [0.25, 0.3) is 17.1 Å². The monoisotopic (exact) mass is 363 g/mol. The van der Waals surface area contributed by atoms with Crippen LogP contribution in [-0.4, -0.2) is 40.7 Å². The lowest BCUT2D eigenvalue weighted by Crippen LogP contribution is -2.10. The molecule has 0 bridgehead atoms. The summed E-state index contributed by atoms with van der Waals surface area (Å²) >= 11 is 0. The van der Waals surface area contributed by atoms with E-state index in [0.717, 1.165) is 23.1 Å². The lowest BCUT2D eigenvalue weighted by atomic mass is 10.1. The molecule has 0 aliphatic rings. The number of rotatable bonds is 6. The van der Waals surface area contributed by atoms with E-state index in [1.54, 1.807) is 35.6 Å². The number of hydrogen-bond acceptors (Lipinski definition) is 6. The summed E-state index contributed by atoms with van der Waals surface area (Å²) in [5, 5.41) is 12.8. The van der Waals surface area contributed by atoms with Gasteiger partial charge in [0, 0.05) is 25.0 Å². The largest absolute Gasteiger partial charge is 0.508 e. The zero-order valence-electron chi connectivity index (χ0n) is 15.2. The normalized spacial score (nSPS) is 11.4. The molecule has 0 aliphatic heterocycles. The van der Waals surface area contributed by atoms with Gasteiger partial charge in [0.2, 0.25) is 5.95 Å². The van der Waals surface area contributed by atoms with Crippen molar-refractivity contribution in [2.24, 2.45) is 0 Å². The fourth-order valence-electron chi connectivity index (χ4n) is 2.89. The summed E-state index contributed by atoms with van der Waals surface area (Å²) in [7, 11) is 0. The van der Waals surface area contributed by atoms with Gasteiger partial charge in [-0.25, -0.2) is 9.97 Å². The number of phenols is 1. The number of phenolic OH excluding ortho intramolecular Hbond substituents is 1. The molecule has 0 atom stereocenters. The van der Waals surface area contributed by atoms with Gasteiger partial charge in [0.25, 0.3) is 0 Å². The van der Waals surface area contributed by atoms with Crippen LogP contribution in [0.3, 0.4) is 0 Å². The average molecular weight is 363 g/mol. The molecule has 4 rings (SSSR count). The molecule has 0 saturated carbocycles. The summed E-state index contributed by atoms with van der Waals surface area (Å²) in [6, 6.07) is 7.46. The molecule has 0 spiro atoms. The van der Waals surface area contributed by atoms with Crippen LogP contribution in [0.15, 0.2) is 49.3 Å². The second-order valence-electron chi connectivity index (χ2n) is 6.60. The third-order valence-electron chi connectivity index (χ3n) is 4.34. The van der Waals surface area contributed by atoms with Crippen molar-refractivity contribution in [1.82, 2.24) is 29.1 Å². The standard InChI is InChI=1S/C19H21N7O/c1-13(2)26-12-22-16-17(21-8-7-14-3-5-15(27)6-4-14)23-19(24-18(16)26)25-10-9-20-11-25/h3-6,9-13,27H,7-8H2,1-2H3,(H,21,23,24). The molecule has 27 heavy (non-hydrogen) atoms. The minimum Gasteiger partial charge on any atom is -0.508 e. The second kappa shape index (κ2) is 7.06. The summed E-state index contributed by atoms with van der Waals surface area (Å²) in [6.07, 6.45) is 7.80. The molecule has 1 aromatic carbocycles. The van der Waals surface area contributed by atoms with Crippen LogP contribution in [0.2, 0.25) is 0 Å². The highest BCUT2D eigenvalue weighted by Gasteiger charge is 2.15. The maximum atomic E-state index is 9.40. The molecule has 138 valence electrons. The van der Waals surface area contributed by atoms with Gasteiger partial charge in [-0.05, 0) is 38.0 Å². The van der Waals surface area contributed by atoms with Crippen LogP contribution in [0.5, 0.6) is 5.75 Å². The number of hydrogen-bond donors (Lipinski definition) is 2. The number of nitrogens with one attached hydrogen (secondary N) is 1. The minimum absolute atomic E-state index is 0.241. The molecular formula is C19H21N7O. The molecular weight excluding hydrogens is 342 g/mol. The zero-order chi connectivity index (χ0) is 18.8. The van der Waals surface area contributed by atoms with E-state index < -0.39 is 0 Å². The summed E-state index contributed by atoms with van der Waals surface area (Å²) < 4.78 is 3.81. The van der Waals surface area contributed by atoms with Crippen molar-refractivity contribution in [3.8, 4) is 11.7 Å². The maximum Gasteiger partial charge on any atom is 0.239 e. The van der Waals surface area contributed by atoms with E-state index >= 15 is 0 Å². The van der Waals surface area contributed by atoms with Crippen molar-refractivity contribution in [2.75, 3.05) is 11.9 Å². The Morgan fingerprint density at radius 2 is 1.93 bits per heavy atom. The highest BCUT2D eigenvalue weighted by Crippen LogP contribution is 2.23. The summed E-state index contributed by atoms with van der Waals surface area (Å²) in [5.41, 5.74) is 2.67. The van der Waals surface area contributed by atoms with Crippen molar-refractivity contribution in [2.45, 2.75) is 26.3 Å². The molecule has 0 amide bonds. The first kappa shape index (κ1) is 17.0. The fourth-order valence-corrected chi connectivity index (χ4v) is 2.89. The lowest BCUT2D eigenvalue weighted by molar-refractivity contribution is 0.475. The van der Waals surface area contributed by atoms with E-state index in [2.05, 4.69) is 39.1 Å². The van der Waals surface area contributed by atoms with Crippen molar-refractivity contribution >= 4 is 17.0 Å². The van der Waals surface area contributed by atoms with Gasteiger partial charge in [-0.1, -0.05) is 12.1 Å². The Kier molecular flexibility index (Phi) is 4.45. The highest BCUT2D eigenvalue weighted by atomic mass is 16.3. The number of benzene rings is 1. The van der Waals surface area contributed by atoms with Crippen LogP contribution in [0.1, 0.15) is 25.5 Å². The van der Waals surface area contributed by atoms with Crippen molar-refractivity contribution in [3.05, 3.63) is 54.9 Å². The van der Waals surface area contributed by atoms with Gasteiger partial charge < -0.3 is 15.0 Å². The molecule has 0 radical (unpaired) electrons. The minimum atomic E-state index is 0.241. The SMILES string of the molecule is CC(C)n1cnc2c(NCCc3ccc(O)cc3)nc(-n3ccnc3)nc21. The molecule has 8 nitrogen and oxygen atoms in total. The Balaban J connectivity index is 1.65. The van der Waals surface area contributed by atoms with Crippen molar-refractivity contribution in [1.29, 1.82) is 0 Å². The Morgan fingerprint density at radius 1 is 1.11 bits per heavy atom. The topological polar surface area (TPSA) is 93.7 Å². The first-order chi connectivity index (χ1) is 13.1. The number of nitrogens with zero attached hydrogens (tertiary/aromatic N) is 6. The number of aromatic nitrogens is 6. The van der Waals surface area contributed by atoms with Gasteiger partial charge >= 0.3 is 0 Å². The van der Waals surface area contributed by atoms with Crippen LogP contribution < -0.4 is 5.32 Å². The van der Waals surface area contributed by atoms with E-state index in [-0.39, 0.29) is 11.8 Å². The van der Waals surface area contributed by atoms with Crippen LogP contribution in [-0.2, 0) is 6.42 Å².